The van der Waals surface area contributed by atoms with E-state index in [9.17, 15) is 0 Å². The Morgan fingerprint density at radius 2 is 1.80 bits per heavy atom. The molecule has 1 aromatic heterocycles. The third-order valence-corrected chi connectivity index (χ3v) is 4.17. The van der Waals surface area contributed by atoms with E-state index in [1.54, 1.807) is 6.07 Å². The lowest BCUT2D eigenvalue weighted by atomic mass is 10.2. The number of hydrogen-bond acceptors (Lipinski definition) is 4. The summed E-state index contributed by atoms with van der Waals surface area (Å²) in [4.78, 5) is 4.41. The highest BCUT2D eigenvalue weighted by Gasteiger charge is 2.13. The third kappa shape index (κ3) is 2.48. The van der Waals surface area contributed by atoms with Crippen LogP contribution >= 0.6 is 31.9 Å². The number of halogens is 2. The van der Waals surface area contributed by atoms with Crippen molar-refractivity contribution in [3.8, 4) is 22.8 Å². The fourth-order valence-corrected chi connectivity index (χ4v) is 2.59. The van der Waals surface area contributed by atoms with Gasteiger partial charge in [0.05, 0.1) is 0 Å². The summed E-state index contributed by atoms with van der Waals surface area (Å²) in [7, 11) is 0. The minimum Gasteiger partial charge on any atom is -0.398 e. The van der Waals surface area contributed by atoms with Crippen molar-refractivity contribution in [1.82, 2.24) is 10.1 Å². The molecule has 0 saturated carbocycles. The molecule has 0 saturated heterocycles. The predicted molar refractivity (Wildman–Crippen MR) is 85.0 cm³/mol. The molecule has 1 heterocycles. The van der Waals surface area contributed by atoms with E-state index in [1.807, 2.05) is 36.4 Å². The highest BCUT2D eigenvalue weighted by atomic mass is 79.9. The smallest absolute Gasteiger partial charge is 0.258 e. The van der Waals surface area contributed by atoms with Gasteiger partial charge >= 0.3 is 0 Å². The van der Waals surface area contributed by atoms with E-state index in [-0.39, 0.29) is 0 Å². The van der Waals surface area contributed by atoms with Crippen LogP contribution in [0.4, 0.5) is 5.69 Å². The van der Waals surface area contributed by atoms with Gasteiger partial charge in [-0.3, -0.25) is 0 Å². The van der Waals surface area contributed by atoms with E-state index < -0.39 is 0 Å². The Bertz CT molecular complexity index is 771. The minimum atomic E-state index is 0.455. The second-order valence-electron chi connectivity index (χ2n) is 4.14. The first-order chi connectivity index (χ1) is 9.65. The van der Waals surface area contributed by atoms with Gasteiger partial charge in [-0.2, -0.15) is 4.98 Å². The SMILES string of the molecule is Nc1ccc(-c2nc(-c3ccccc3Br)no2)cc1Br. The average Bonchev–Trinajstić information content (AvgIpc) is 2.92. The first kappa shape index (κ1) is 13.3. The van der Waals surface area contributed by atoms with E-state index >= 15 is 0 Å². The van der Waals surface area contributed by atoms with Crippen molar-refractivity contribution in [2.75, 3.05) is 5.73 Å². The summed E-state index contributed by atoms with van der Waals surface area (Å²) in [6.07, 6.45) is 0. The van der Waals surface area contributed by atoms with Crippen LogP contribution in [0.5, 0.6) is 0 Å². The number of anilines is 1. The predicted octanol–water partition coefficient (Wildman–Crippen LogP) is 4.51. The fraction of sp³-hybridized carbons (Fsp3) is 0. The summed E-state index contributed by atoms with van der Waals surface area (Å²) in [5.41, 5.74) is 8.13. The summed E-state index contributed by atoms with van der Waals surface area (Å²) in [5, 5.41) is 4.01. The summed E-state index contributed by atoms with van der Waals surface area (Å²) in [6, 6.07) is 13.2. The zero-order chi connectivity index (χ0) is 14.1. The summed E-state index contributed by atoms with van der Waals surface area (Å²) in [6.45, 7) is 0. The number of rotatable bonds is 2. The molecule has 0 unspecified atom stereocenters. The zero-order valence-corrected chi connectivity index (χ0v) is 13.3. The van der Waals surface area contributed by atoms with E-state index in [0.717, 1.165) is 20.1 Å². The first-order valence-electron chi connectivity index (χ1n) is 5.79. The van der Waals surface area contributed by atoms with Crippen molar-refractivity contribution in [2.24, 2.45) is 0 Å². The fourth-order valence-electron chi connectivity index (χ4n) is 1.75. The molecule has 20 heavy (non-hydrogen) atoms. The van der Waals surface area contributed by atoms with E-state index in [2.05, 4.69) is 42.0 Å². The van der Waals surface area contributed by atoms with Gasteiger partial charge in [-0.05, 0) is 46.3 Å². The number of nitrogens with zero attached hydrogens (tertiary/aromatic N) is 2. The Balaban J connectivity index is 2.02. The van der Waals surface area contributed by atoms with Gasteiger partial charge < -0.3 is 10.3 Å². The molecular formula is C14H9Br2N3O. The molecule has 3 rings (SSSR count). The van der Waals surface area contributed by atoms with Crippen LogP contribution in [0.1, 0.15) is 0 Å². The Morgan fingerprint density at radius 3 is 2.55 bits per heavy atom. The van der Waals surface area contributed by atoms with E-state index in [1.165, 1.54) is 0 Å². The average molecular weight is 395 g/mol. The highest BCUT2D eigenvalue weighted by Crippen LogP contribution is 2.30. The topological polar surface area (TPSA) is 64.9 Å². The Kier molecular flexibility index (Phi) is 3.58. The van der Waals surface area contributed by atoms with Gasteiger partial charge in [-0.25, -0.2) is 0 Å². The number of benzene rings is 2. The van der Waals surface area contributed by atoms with E-state index in [0.29, 0.717) is 17.4 Å². The Morgan fingerprint density at radius 1 is 1.00 bits per heavy atom. The molecule has 0 spiro atoms. The quantitative estimate of drug-likeness (QED) is 0.649. The molecule has 0 radical (unpaired) electrons. The van der Waals surface area contributed by atoms with Gasteiger partial charge in [-0.1, -0.05) is 33.2 Å². The summed E-state index contributed by atoms with van der Waals surface area (Å²) in [5.74, 6) is 0.997. The molecule has 2 aromatic carbocycles. The van der Waals surface area contributed by atoms with Gasteiger partial charge in [0.2, 0.25) is 5.82 Å². The Hall–Kier alpha value is -1.66. The standard InChI is InChI=1S/C14H9Br2N3O/c15-10-4-2-1-3-9(10)13-18-14(20-19-13)8-5-6-12(17)11(16)7-8/h1-7H,17H2. The van der Waals surface area contributed by atoms with Gasteiger partial charge in [-0.15, -0.1) is 0 Å². The number of aromatic nitrogens is 2. The summed E-state index contributed by atoms with van der Waals surface area (Å²) < 4.78 is 7.03. The lowest BCUT2D eigenvalue weighted by Gasteiger charge is -1.99. The molecule has 0 amide bonds. The third-order valence-electron chi connectivity index (χ3n) is 2.79. The second kappa shape index (κ2) is 5.38. The molecule has 100 valence electrons. The maximum atomic E-state index is 5.76. The van der Waals surface area contributed by atoms with Gasteiger partial charge in [0.25, 0.3) is 5.89 Å². The second-order valence-corrected chi connectivity index (χ2v) is 5.85. The molecule has 3 aromatic rings. The maximum Gasteiger partial charge on any atom is 0.258 e. The lowest BCUT2D eigenvalue weighted by Crippen LogP contribution is -1.87. The monoisotopic (exact) mass is 393 g/mol. The van der Waals surface area contributed by atoms with Crippen molar-refractivity contribution in [2.45, 2.75) is 0 Å². The molecule has 6 heteroatoms. The van der Waals surface area contributed by atoms with Gasteiger partial charge in [0.15, 0.2) is 0 Å². The molecular weight excluding hydrogens is 386 g/mol. The van der Waals surface area contributed by atoms with E-state index in [4.69, 9.17) is 10.3 Å². The molecule has 0 aliphatic rings. The Labute approximate surface area is 132 Å². The van der Waals surface area contributed by atoms with Crippen LogP contribution in [0.2, 0.25) is 0 Å². The molecule has 2 N–H and O–H groups in total. The van der Waals surface area contributed by atoms with Crippen molar-refractivity contribution < 1.29 is 4.52 Å². The number of nitrogens with two attached hydrogens (primary N) is 1. The number of hydrogen-bond donors (Lipinski definition) is 1. The minimum absolute atomic E-state index is 0.455. The van der Waals surface area contributed by atoms with Crippen LogP contribution in [0, 0.1) is 0 Å². The van der Waals surface area contributed by atoms with Gasteiger partial charge in [0.1, 0.15) is 0 Å². The molecule has 4 nitrogen and oxygen atoms in total. The van der Waals surface area contributed by atoms with Crippen molar-refractivity contribution in [3.05, 3.63) is 51.4 Å². The van der Waals surface area contributed by atoms with Crippen LogP contribution in [-0.4, -0.2) is 10.1 Å². The molecule has 0 aliphatic carbocycles. The zero-order valence-electron chi connectivity index (χ0n) is 10.2. The van der Waals surface area contributed by atoms with Crippen LogP contribution in [0.3, 0.4) is 0 Å². The van der Waals surface area contributed by atoms with Crippen molar-refractivity contribution >= 4 is 37.5 Å². The van der Waals surface area contributed by atoms with Crippen LogP contribution in [0.15, 0.2) is 55.9 Å². The molecule has 0 fully saturated rings. The highest BCUT2D eigenvalue weighted by molar-refractivity contribution is 9.11. The van der Waals surface area contributed by atoms with Gasteiger partial charge in [0, 0.05) is 25.8 Å². The molecule has 0 aliphatic heterocycles. The van der Waals surface area contributed by atoms with Crippen molar-refractivity contribution in [3.63, 3.8) is 0 Å². The lowest BCUT2D eigenvalue weighted by molar-refractivity contribution is 0.432. The van der Waals surface area contributed by atoms with Crippen LogP contribution < -0.4 is 5.73 Å². The largest absolute Gasteiger partial charge is 0.398 e. The van der Waals surface area contributed by atoms with Crippen LogP contribution in [-0.2, 0) is 0 Å². The normalized spacial score (nSPS) is 10.7. The first-order valence-corrected chi connectivity index (χ1v) is 7.38. The maximum absolute atomic E-state index is 5.76. The number of nitrogen functional groups attached to an aromatic ring is 1. The van der Waals surface area contributed by atoms with Crippen LogP contribution in [0.25, 0.3) is 22.8 Å². The molecule has 0 bridgehead atoms. The summed E-state index contributed by atoms with van der Waals surface area (Å²) >= 11 is 6.86. The van der Waals surface area contributed by atoms with Crippen molar-refractivity contribution in [1.29, 1.82) is 0 Å². The molecule has 0 atom stereocenters.